The molecular weight excluding hydrogens is 308 g/mol. The van der Waals surface area contributed by atoms with Gasteiger partial charge >= 0.3 is 0 Å². The van der Waals surface area contributed by atoms with Crippen molar-refractivity contribution in [2.75, 3.05) is 26.7 Å². The molecule has 0 radical (unpaired) electrons. The van der Waals surface area contributed by atoms with Crippen molar-refractivity contribution in [2.45, 2.75) is 43.5 Å². The van der Waals surface area contributed by atoms with Crippen molar-refractivity contribution in [3.05, 3.63) is 16.5 Å². The second-order valence-corrected chi connectivity index (χ2v) is 8.78. The summed E-state index contributed by atoms with van der Waals surface area (Å²) in [5, 5.41) is 3.24. The van der Waals surface area contributed by atoms with Crippen LogP contribution in [0.1, 0.15) is 30.2 Å². The summed E-state index contributed by atoms with van der Waals surface area (Å²) >= 11 is 1.36. The van der Waals surface area contributed by atoms with E-state index in [0.717, 1.165) is 43.0 Å². The number of thiophene rings is 1. The molecule has 7 heteroatoms. The van der Waals surface area contributed by atoms with Gasteiger partial charge in [0.05, 0.1) is 6.10 Å². The first-order valence-corrected chi connectivity index (χ1v) is 9.58. The molecule has 0 amide bonds. The molecule has 0 saturated carbocycles. The molecule has 1 aliphatic heterocycles. The highest BCUT2D eigenvalue weighted by atomic mass is 32.2. The number of aryl methyl sites for hydroxylation is 1. The highest BCUT2D eigenvalue weighted by molar-refractivity contribution is 7.91. The smallest absolute Gasteiger partial charge is 0.252 e. The van der Waals surface area contributed by atoms with Crippen LogP contribution in [-0.4, -0.2) is 45.6 Å². The predicted molar refractivity (Wildman–Crippen MR) is 85.2 cm³/mol. The van der Waals surface area contributed by atoms with Crippen LogP contribution < -0.4 is 5.32 Å². The lowest BCUT2D eigenvalue weighted by Crippen LogP contribution is -2.33. The summed E-state index contributed by atoms with van der Waals surface area (Å²) < 4.78 is 32.6. The molecule has 1 aromatic rings. The van der Waals surface area contributed by atoms with Crippen LogP contribution >= 0.6 is 11.3 Å². The van der Waals surface area contributed by atoms with Gasteiger partial charge < -0.3 is 10.1 Å². The van der Waals surface area contributed by atoms with Gasteiger partial charge in [0.1, 0.15) is 4.21 Å². The van der Waals surface area contributed by atoms with Crippen molar-refractivity contribution in [1.82, 2.24) is 9.62 Å². The van der Waals surface area contributed by atoms with E-state index >= 15 is 0 Å². The van der Waals surface area contributed by atoms with E-state index in [9.17, 15) is 8.42 Å². The molecule has 1 aliphatic rings. The zero-order valence-corrected chi connectivity index (χ0v) is 14.5. The maximum atomic E-state index is 12.6. The molecule has 1 atom stereocenters. The lowest BCUT2D eigenvalue weighted by molar-refractivity contribution is 0.0979. The Kier molecular flexibility index (Phi) is 5.79. The van der Waals surface area contributed by atoms with Gasteiger partial charge in [0.2, 0.25) is 0 Å². The Labute approximate surface area is 131 Å². The first-order valence-electron chi connectivity index (χ1n) is 7.33. The topological polar surface area (TPSA) is 58.6 Å². The molecule has 21 heavy (non-hydrogen) atoms. The predicted octanol–water partition coefficient (Wildman–Crippen LogP) is 1.97. The van der Waals surface area contributed by atoms with Gasteiger partial charge in [0, 0.05) is 31.6 Å². The molecule has 2 rings (SSSR count). The van der Waals surface area contributed by atoms with Crippen LogP contribution in [-0.2, 0) is 21.3 Å². The molecule has 2 heterocycles. The number of nitrogens with one attached hydrogen (secondary N) is 1. The third kappa shape index (κ3) is 4.04. The van der Waals surface area contributed by atoms with Crippen molar-refractivity contribution < 1.29 is 13.2 Å². The van der Waals surface area contributed by atoms with Gasteiger partial charge in [0.15, 0.2) is 0 Å². The lowest BCUT2D eigenvalue weighted by atomic mass is 10.2. The summed E-state index contributed by atoms with van der Waals surface area (Å²) in [4.78, 5) is 1.08. The van der Waals surface area contributed by atoms with E-state index in [4.69, 9.17) is 4.74 Å². The molecular formula is C14H24N2O3S2. The summed E-state index contributed by atoms with van der Waals surface area (Å²) in [6.45, 7) is 6.76. The minimum absolute atomic E-state index is 0.0343. The van der Waals surface area contributed by atoms with E-state index < -0.39 is 10.0 Å². The van der Waals surface area contributed by atoms with Crippen LogP contribution in [0.4, 0.5) is 0 Å². The summed E-state index contributed by atoms with van der Waals surface area (Å²) in [6.07, 6.45) is 1.99. The summed E-state index contributed by atoms with van der Waals surface area (Å²) in [6, 6.07) is 1.78. The van der Waals surface area contributed by atoms with Gasteiger partial charge in [-0.15, -0.1) is 11.3 Å². The molecule has 1 saturated heterocycles. The first kappa shape index (κ1) is 16.9. The Hall–Kier alpha value is -0.470. The highest BCUT2D eigenvalue weighted by Crippen LogP contribution is 2.28. The normalized spacial score (nSPS) is 19.5. The van der Waals surface area contributed by atoms with E-state index in [2.05, 4.69) is 5.32 Å². The molecule has 0 spiro atoms. The van der Waals surface area contributed by atoms with E-state index in [1.54, 1.807) is 13.1 Å². The van der Waals surface area contributed by atoms with Crippen LogP contribution in [0.2, 0.25) is 0 Å². The van der Waals surface area contributed by atoms with E-state index in [1.807, 2.05) is 13.8 Å². The molecule has 5 nitrogen and oxygen atoms in total. The zero-order valence-electron chi connectivity index (χ0n) is 12.9. The Balaban J connectivity index is 2.10. The SMILES string of the molecule is CCNCc1sc(S(=O)(=O)N(C)CC2CCCO2)cc1C. The number of hydrogen-bond acceptors (Lipinski definition) is 5. The lowest BCUT2D eigenvalue weighted by Gasteiger charge is -2.19. The van der Waals surface area contributed by atoms with Gasteiger partial charge in [-0.25, -0.2) is 8.42 Å². The quantitative estimate of drug-likeness (QED) is 0.829. The zero-order chi connectivity index (χ0) is 15.5. The highest BCUT2D eigenvalue weighted by Gasteiger charge is 2.27. The van der Waals surface area contributed by atoms with Crippen LogP contribution in [0.25, 0.3) is 0 Å². The number of hydrogen-bond donors (Lipinski definition) is 1. The fraction of sp³-hybridized carbons (Fsp3) is 0.714. The Morgan fingerprint density at radius 2 is 2.29 bits per heavy atom. The minimum atomic E-state index is -3.41. The van der Waals surface area contributed by atoms with Gasteiger partial charge in [-0.05, 0) is 37.9 Å². The average molecular weight is 332 g/mol. The van der Waals surface area contributed by atoms with E-state index in [0.29, 0.717) is 10.8 Å². The van der Waals surface area contributed by atoms with Gasteiger partial charge in [-0.1, -0.05) is 6.92 Å². The second-order valence-electron chi connectivity index (χ2n) is 5.37. The minimum Gasteiger partial charge on any atom is -0.377 e. The molecule has 1 fully saturated rings. The van der Waals surface area contributed by atoms with Crippen molar-refractivity contribution >= 4 is 21.4 Å². The largest absolute Gasteiger partial charge is 0.377 e. The molecule has 120 valence electrons. The Bertz CT molecular complexity index is 563. The molecule has 1 aromatic heterocycles. The molecule has 0 aromatic carbocycles. The van der Waals surface area contributed by atoms with Gasteiger partial charge in [0.25, 0.3) is 10.0 Å². The Morgan fingerprint density at radius 1 is 1.52 bits per heavy atom. The number of rotatable bonds is 7. The number of likely N-dealkylation sites (N-methyl/N-ethyl adjacent to an activating group) is 1. The fourth-order valence-corrected chi connectivity index (χ4v) is 5.33. The number of sulfonamides is 1. The van der Waals surface area contributed by atoms with Crippen molar-refractivity contribution in [3.63, 3.8) is 0 Å². The van der Waals surface area contributed by atoms with Crippen LogP contribution in [0.3, 0.4) is 0 Å². The third-order valence-electron chi connectivity index (χ3n) is 3.68. The van der Waals surface area contributed by atoms with Crippen LogP contribution in [0.15, 0.2) is 10.3 Å². The molecule has 1 N–H and O–H groups in total. The maximum Gasteiger partial charge on any atom is 0.252 e. The molecule has 0 bridgehead atoms. The van der Waals surface area contributed by atoms with Crippen molar-refractivity contribution in [1.29, 1.82) is 0 Å². The van der Waals surface area contributed by atoms with Crippen LogP contribution in [0, 0.1) is 6.92 Å². The van der Waals surface area contributed by atoms with Crippen LogP contribution in [0.5, 0.6) is 0 Å². The van der Waals surface area contributed by atoms with E-state index in [1.165, 1.54) is 15.6 Å². The first-order chi connectivity index (χ1) is 9.95. The maximum absolute atomic E-state index is 12.6. The monoisotopic (exact) mass is 332 g/mol. The van der Waals surface area contributed by atoms with Crippen molar-refractivity contribution in [2.24, 2.45) is 0 Å². The Morgan fingerprint density at radius 3 is 2.90 bits per heavy atom. The molecule has 0 aliphatic carbocycles. The average Bonchev–Trinajstić information content (AvgIpc) is 3.06. The van der Waals surface area contributed by atoms with Gasteiger partial charge in [-0.2, -0.15) is 4.31 Å². The summed E-state index contributed by atoms with van der Waals surface area (Å²) in [5.74, 6) is 0. The summed E-state index contributed by atoms with van der Waals surface area (Å²) in [5.41, 5.74) is 1.03. The third-order valence-corrected chi connectivity index (χ3v) is 7.19. The summed E-state index contributed by atoms with van der Waals surface area (Å²) in [7, 11) is -1.77. The molecule has 1 unspecified atom stereocenters. The fourth-order valence-electron chi connectivity index (χ4n) is 2.36. The van der Waals surface area contributed by atoms with Gasteiger partial charge in [-0.3, -0.25) is 0 Å². The van der Waals surface area contributed by atoms with E-state index in [-0.39, 0.29) is 6.10 Å². The number of nitrogens with zero attached hydrogens (tertiary/aromatic N) is 1. The second kappa shape index (κ2) is 7.19. The standard InChI is InChI=1S/C14H24N2O3S2/c1-4-15-9-13-11(2)8-14(20-13)21(17,18)16(3)10-12-6-5-7-19-12/h8,12,15H,4-7,9-10H2,1-3H3. The number of ether oxygens (including phenoxy) is 1. The van der Waals surface area contributed by atoms with Crippen molar-refractivity contribution in [3.8, 4) is 0 Å².